The van der Waals surface area contributed by atoms with E-state index < -0.39 is 9.84 Å². The van der Waals surface area contributed by atoms with Crippen LogP contribution in [-0.2, 0) is 16.9 Å². The Kier molecular flexibility index (Phi) is 4.30. The molecule has 9 nitrogen and oxygen atoms in total. The Morgan fingerprint density at radius 2 is 2.17 bits per heavy atom. The van der Waals surface area contributed by atoms with Crippen molar-refractivity contribution < 1.29 is 22.2 Å². The molecule has 0 atom stereocenters. The van der Waals surface area contributed by atoms with Crippen LogP contribution in [0.2, 0.25) is 0 Å². The maximum Gasteiger partial charge on any atom is 0.249 e. The molecule has 0 aliphatic heterocycles. The molecule has 0 unspecified atom stereocenters. The first kappa shape index (κ1) is 16.1. The number of aromatic nitrogens is 4. The number of ketones is 1. The minimum Gasteiger partial charge on any atom is -0.461 e. The maximum absolute atomic E-state index is 12.1. The molecular weight excluding hydrogens is 336 g/mol. The molecule has 3 aromatic rings. The molecule has 10 heteroatoms. The lowest BCUT2D eigenvalue weighted by molar-refractivity contribution is 0.0973. The summed E-state index contributed by atoms with van der Waals surface area (Å²) in [5.41, 5.74) is 0.137. The van der Waals surface area contributed by atoms with Crippen LogP contribution in [0.25, 0.3) is 11.5 Å². The van der Waals surface area contributed by atoms with E-state index in [0.29, 0.717) is 11.5 Å². The van der Waals surface area contributed by atoms with Crippen molar-refractivity contribution in [3.8, 4) is 11.5 Å². The Bertz CT molecular complexity index is 940. The summed E-state index contributed by atoms with van der Waals surface area (Å²) in [5, 5.41) is 10.7. The number of sulfone groups is 1. The monoisotopic (exact) mass is 350 g/mol. The van der Waals surface area contributed by atoms with Crippen LogP contribution in [0.3, 0.4) is 0 Å². The maximum atomic E-state index is 12.1. The SMILES string of the molecule is Cn1cnnc1S(=O)(=O)CCCC(=O)c1cc(-c2ccco2)on1. The second-order valence-corrected chi connectivity index (χ2v) is 7.13. The highest BCUT2D eigenvalue weighted by atomic mass is 32.2. The van der Waals surface area contributed by atoms with Crippen molar-refractivity contribution in [2.75, 3.05) is 5.75 Å². The molecule has 3 rings (SSSR count). The Morgan fingerprint density at radius 3 is 2.83 bits per heavy atom. The third kappa shape index (κ3) is 3.27. The van der Waals surface area contributed by atoms with Crippen LogP contribution in [0.1, 0.15) is 23.3 Å². The summed E-state index contributed by atoms with van der Waals surface area (Å²) in [7, 11) is -2.03. The van der Waals surface area contributed by atoms with Crippen LogP contribution >= 0.6 is 0 Å². The zero-order chi connectivity index (χ0) is 17.2. The molecular formula is C14H14N4O5S. The number of furan rings is 1. The van der Waals surface area contributed by atoms with Crippen LogP contribution in [0.4, 0.5) is 0 Å². The molecule has 0 aliphatic carbocycles. The lowest BCUT2D eigenvalue weighted by Crippen LogP contribution is -2.13. The third-order valence-electron chi connectivity index (χ3n) is 3.32. The van der Waals surface area contributed by atoms with Gasteiger partial charge in [0.05, 0.1) is 12.0 Å². The summed E-state index contributed by atoms with van der Waals surface area (Å²) < 4.78 is 35.7. The molecule has 0 aromatic carbocycles. The molecule has 3 aromatic heterocycles. The van der Waals surface area contributed by atoms with E-state index in [-0.39, 0.29) is 35.2 Å². The molecule has 24 heavy (non-hydrogen) atoms. The average molecular weight is 350 g/mol. The van der Waals surface area contributed by atoms with Crippen molar-refractivity contribution in [2.45, 2.75) is 18.0 Å². The molecule has 0 N–H and O–H groups in total. The van der Waals surface area contributed by atoms with Crippen molar-refractivity contribution in [3.63, 3.8) is 0 Å². The second-order valence-electron chi connectivity index (χ2n) is 5.12. The zero-order valence-electron chi connectivity index (χ0n) is 12.7. The number of hydrogen-bond acceptors (Lipinski definition) is 8. The number of aryl methyl sites for hydroxylation is 1. The smallest absolute Gasteiger partial charge is 0.249 e. The van der Waals surface area contributed by atoms with Gasteiger partial charge in [-0.1, -0.05) is 5.16 Å². The molecule has 3 heterocycles. The van der Waals surface area contributed by atoms with Gasteiger partial charge in [-0.2, -0.15) is 0 Å². The van der Waals surface area contributed by atoms with Gasteiger partial charge >= 0.3 is 0 Å². The van der Waals surface area contributed by atoms with Gasteiger partial charge in [-0.05, 0) is 18.6 Å². The van der Waals surface area contributed by atoms with Crippen molar-refractivity contribution >= 4 is 15.6 Å². The van der Waals surface area contributed by atoms with Gasteiger partial charge in [-0.15, -0.1) is 10.2 Å². The van der Waals surface area contributed by atoms with Crippen molar-refractivity contribution in [3.05, 3.63) is 36.5 Å². The number of hydrogen-bond donors (Lipinski definition) is 0. The predicted molar refractivity (Wildman–Crippen MR) is 80.8 cm³/mol. The van der Waals surface area contributed by atoms with Gasteiger partial charge in [0, 0.05) is 19.5 Å². The van der Waals surface area contributed by atoms with Crippen LogP contribution in [0, 0.1) is 0 Å². The summed E-state index contributed by atoms with van der Waals surface area (Å²) in [4.78, 5) is 12.1. The van der Waals surface area contributed by atoms with Gasteiger partial charge in [-0.25, -0.2) is 8.42 Å². The predicted octanol–water partition coefficient (Wildman–Crippen LogP) is 1.50. The summed E-state index contributed by atoms with van der Waals surface area (Å²) in [6, 6.07) is 4.84. The lowest BCUT2D eigenvalue weighted by atomic mass is 10.1. The Hall–Kier alpha value is -2.75. The molecule has 0 spiro atoms. The first-order valence-electron chi connectivity index (χ1n) is 7.08. The fourth-order valence-electron chi connectivity index (χ4n) is 2.14. The minimum absolute atomic E-state index is 0.0290. The van der Waals surface area contributed by atoms with Gasteiger partial charge < -0.3 is 13.5 Å². The topological polar surface area (TPSA) is 121 Å². The van der Waals surface area contributed by atoms with E-state index in [1.165, 1.54) is 23.2 Å². The van der Waals surface area contributed by atoms with E-state index >= 15 is 0 Å². The highest BCUT2D eigenvalue weighted by molar-refractivity contribution is 7.91. The van der Waals surface area contributed by atoms with Crippen LogP contribution in [0.5, 0.6) is 0 Å². The number of carbonyl (C=O) groups is 1. The zero-order valence-corrected chi connectivity index (χ0v) is 13.6. The molecule has 126 valence electrons. The minimum atomic E-state index is -3.58. The average Bonchev–Trinajstić information content (AvgIpc) is 3.27. The van der Waals surface area contributed by atoms with Gasteiger partial charge in [-0.3, -0.25) is 4.79 Å². The highest BCUT2D eigenvalue weighted by Gasteiger charge is 2.21. The number of nitrogens with zero attached hydrogens (tertiary/aromatic N) is 4. The van der Waals surface area contributed by atoms with Gasteiger partial charge in [0.2, 0.25) is 20.8 Å². The van der Waals surface area contributed by atoms with E-state index in [9.17, 15) is 13.2 Å². The fourth-order valence-corrected chi connectivity index (χ4v) is 3.50. The van der Waals surface area contributed by atoms with Gasteiger partial charge in [0.15, 0.2) is 11.5 Å². The Balaban J connectivity index is 1.59. The highest BCUT2D eigenvalue weighted by Crippen LogP contribution is 2.21. The summed E-state index contributed by atoms with van der Waals surface area (Å²) in [5.74, 6) is 0.305. The first-order valence-corrected chi connectivity index (χ1v) is 8.73. The quantitative estimate of drug-likeness (QED) is 0.588. The molecule has 0 bridgehead atoms. The van der Waals surface area contributed by atoms with Crippen molar-refractivity contribution in [1.82, 2.24) is 19.9 Å². The van der Waals surface area contributed by atoms with Gasteiger partial charge in [0.25, 0.3) is 0 Å². The summed E-state index contributed by atoms with van der Waals surface area (Å²) in [6.07, 6.45) is 2.97. The normalized spacial score (nSPS) is 11.7. The van der Waals surface area contributed by atoms with Crippen LogP contribution in [0.15, 0.2) is 44.9 Å². The van der Waals surface area contributed by atoms with E-state index in [1.54, 1.807) is 19.2 Å². The number of Topliss-reactive ketones (excluding diaryl/α,β-unsaturated/α-hetero) is 1. The Labute approximate surface area is 137 Å². The van der Waals surface area contributed by atoms with Gasteiger partial charge in [0.1, 0.15) is 12.0 Å². The van der Waals surface area contributed by atoms with Crippen molar-refractivity contribution in [2.24, 2.45) is 7.05 Å². The third-order valence-corrected chi connectivity index (χ3v) is 5.08. The summed E-state index contributed by atoms with van der Waals surface area (Å²) in [6.45, 7) is 0. The van der Waals surface area contributed by atoms with E-state index in [1.807, 2.05) is 0 Å². The molecule has 0 aliphatic rings. The molecule has 0 saturated carbocycles. The molecule has 0 amide bonds. The Morgan fingerprint density at radius 1 is 1.33 bits per heavy atom. The standard InChI is InChI=1S/C14H14N4O5S/c1-18-9-15-16-14(18)24(20,21)7-3-4-11(19)10-8-13(23-17-10)12-5-2-6-22-12/h2,5-6,8-9H,3-4,7H2,1H3. The number of carbonyl (C=O) groups excluding carboxylic acids is 1. The molecule has 0 radical (unpaired) electrons. The molecule has 0 fully saturated rings. The number of rotatable bonds is 7. The fraction of sp³-hybridized carbons (Fsp3) is 0.286. The molecule has 0 saturated heterocycles. The first-order chi connectivity index (χ1) is 11.5. The summed E-state index contributed by atoms with van der Waals surface area (Å²) >= 11 is 0. The van der Waals surface area contributed by atoms with Crippen LogP contribution < -0.4 is 0 Å². The van der Waals surface area contributed by atoms with Crippen LogP contribution in [-0.4, -0.2) is 39.9 Å². The largest absolute Gasteiger partial charge is 0.461 e. The van der Waals surface area contributed by atoms with E-state index in [4.69, 9.17) is 8.94 Å². The van der Waals surface area contributed by atoms with E-state index in [2.05, 4.69) is 15.4 Å². The lowest BCUT2D eigenvalue weighted by Gasteiger charge is -2.02. The van der Waals surface area contributed by atoms with Crippen molar-refractivity contribution in [1.29, 1.82) is 0 Å². The van der Waals surface area contributed by atoms with E-state index in [0.717, 1.165) is 0 Å². The second kappa shape index (κ2) is 6.40.